The highest BCUT2D eigenvalue weighted by molar-refractivity contribution is 4.72. The van der Waals surface area contributed by atoms with Gasteiger partial charge in [-0.2, -0.15) is 0 Å². The summed E-state index contributed by atoms with van der Waals surface area (Å²) in [5.74, 6) is 0. The van der Waals surface area contributed by atoms with E-state index in [1.807, 2.05) is 6.92 Å². The minimum atomic E-state index is -0.188. The Bertz CT molecular complexity index is 121. The Labute approximate surface area is 82.9 Å². The van der Waals surface area contributed by atoms with E-state index in [9.17, 15) is 5.11 Å². The molecular weight excluding hydrogens is 162 g/mol. The molecule has 0 aliphatic rings. The summed E-state index contributed by atoms with van der Waals surface area (Å²) in [5.41, 5.74) is 0. The van der Waals surface area contributed by atoms with Crippen LogP contribution in [0.25, 0.3) is 0 Å². The summed E-state index contributed by atoms with van der Waals surface area (Å²) in [7, 11) is 2.16. The first-order valence-corrected chi connectivity index (χ1v) is 5.42. The zero-order chi connectivity index (χ0) is 10.4. The van der Waals surface area contributed by atoms with E-state index in [1.165, 1.54) is 12.8 Å². The molecule has 0 rings (SSSR count). The molecule has 0 bridgehead atoms. The molecule has 1 N–H and O–H groups in total. The minimum Gasteiger partial charge on any atom is -0.393 e. The van der Waals surface area contributed by atoms with Crippen molar-refractivity contribution in [2.45, 2.75) is 65.1 Å². The first kappa shape index (κ1) is 12.9. The lowest BCUT2D eigenvalue weighted by atomic mass is 10.1. The molecule has 0 aromatic carbocycles. The van der Waals surface area contributed by atoms with Gasteiger partial charge in [0, 0.05) is 12.1 Å². The molecule has 0 saturated carbocycles. The molecule has 0 aliphatic heterocycles. The standard InChI is InChI=1S/C11H25NO/c1-6-11(7-2)12(5)9(3)8-10(4)13/h9-11,13H,6-8H2,1-5H3. The fourth-order valence-corrected chi connectivity index (χ4v) is 1.88. The molecule has 2 unspecified atom stereocenters. The van der Waals surface area contributed by atoms with Gasteiger partial charge in [0.15, 0.2) is 0 Å². The van der Waals surface area contributed by atoms with Gasteiger partial charge in [-0.3, -0.25) is 0 Å². The maximum Gasteiger partial charge on any atom is 0.0526 e. The molecule has 0 heterocycles. The van der Waals surface area contributed by atoms with Gasteiger partial charge in [-0.15, -0.1) is 0 Å². The number of aliphatic hydroxyl groups excluding tert-OH is 1. The summed E-state index contributed by atoms with van der Waals surface area (Å²) in [5, 5.41) is 9.27. The van der Waals surface area contributed by atoms with Crippen LogP contribution in [0.1, 0.15) is 47.0 Å². The fourth-order valence-electron chi connectivity index (χ4n) is 1.88. The van der Waals surface area contributed by atoms with E-state index in [2.05, 4.69) is 32.7 Å². The van der Waals surface area contributed by atoms with Crippen molar-refractivity contribution in [2.24, 2.45) is 0 Å². The van der Waals surface area contributed by atoms with Crippen molar-refractivity contribution in [1.29, 1.82) is 0 Å². The van der Waals surface area contributed by atoms with Gasteiger partial charge in [-0.05, 0) is 40.2 Å². The molecule has 0 aliphatic carbocycles. The van der Waals surface area contributed by atoms with Crippen molar-refractivity contribution in [3.63, 3.8) is 0 Å². The zero-order valence-electron chi connectivity index (χ0n) is 9.75. The highest BCUT2D eigenvalue weighted by Crippen LogP contribution is 2.13. The summed E-state index contributed by atoms with van der Waals surface area (Å²) in [4.78, 5) is 2.38. The maximum atomic E-state index is 9.27. The molecule has 0 radical (unpaired) electrons. The van der Waals surface area contributed by atoms with Crippen molar-refractivity contribution in [3.8, 4) is 0 Å². The van der Waals surface area contributed by atoms with Crippen molar-refractivity contribution < 1.29 is 5.11 Å². The Balaban J connectivity index is 3.98. The third kappa shape index (κ3) is 4.63. The largest absolute Gasteiger partial charge is 0.393 e. The van der Waals surface area contributed by atoms with Crippen molar-refractivity contribution in [3.05, 3.63) is 0 Å². The molecule has 0 fully saturated rings. The van der Waals surface area contributed by atoms with Gasteiger partial charge < -0.3 is 10.0 Å². The molecule has 0 spiro atoms. The second kappa shape index (κ2) is 6.39. The average molecular weight is 187 g/mol. The van der Waals surface area contributed by atoms with Crippen LogP contribution in [-0.2, 0) is 0 Å². The Morgan fingerprint density at radius 2 is 1.62 bits per heavy atom. The van der Waals surface area contributed by atoms with Crippen LogP contribution >= 0.6 is 0 Å². The van der Waals surface area contributed by atoms with E-state index in [-0.39, 0.29) is 6.10 Å². The van der Waals surface area contributed by atoms with Gasteiger partial charge in [0.1, 0.15) is 0 Å². The molecule has 0 aromatic rings. The Hall–Kier alpha value is -0.0800. The van der Waals surface area contributed by atoms with Crippen LogP contribution in [0.3, 0.4) is 0 Å². The molecule has 13 heavy (non-hydrogen) atoms. The quantitative estimate of drug-likeness (QED) is 0.689. The Kier molecular flexibility index (Phi) is 6.35. The van der Waals surface area contributed by atoms with Crippen LogP contribution < -0.4 is 0 Å². The van der Waals surface area contributed by atoms with Crippen LogP contribution in [0.5, 0.6) is 0 Å². The Morgan fingerprint density at radius 3 is 1.92 bits per heavy atom. The van der Waals surface area contributed by atoms with E-state index in [4.69, 9.17) is 0 Å². The summed E-state index contributed by atoms with van der Waals surface area (Å²) in [6.45, 7) is 8.49. The van der Waals surface area contributed by atoms with Gasteiger partial charge in [0.05, 0.1) is 6.10 Å². The second-order valence-corrected chi connectivity index (χ2v) is 4.07. The number of rotatable bonds is 6. The van der Waals surface area contributed by atoms with Crippen molar-refractivity contribution >= 4 is 0 Å². The minimum absolute atomic E-state index is 0.188. The van der Waals surface area contributed by atoms with E-state index in [0.717, 1.165) is 6.42 Å². The molecular formula is C11H25NO. The second-order valence-electron chi connectivity index (χ2n) is 4.07. The first-order chi connectivity index (χ1) is 6.02. The number of hydrogen-bond acceptors (Lipinski definition) is 2. The van der Waals surface area contributed by atoms with Crippen molar-refractivity contribution in [2.75, 3.05) is 7.05 Å². The highest BCUT2D eigenvalue weighted by atomic mass is 16.3. The van der Waals surface area contributed by atoms with Gasteiger partial charge >= 0.3 is 0 Å². The third-order valence-electron chi connectivity index (χ3n) is 2.90. The monoisotopic (exact) mass is 187 g/mol. The highest BCUT2D eigenvalue weighted by Gasteiger charge is 2.17. The van der Waals surface area contributed by atoms with E-state index in [1.54, 1.807) is 0 Å². The van der Waals surface area contributed by atoms with Crippen LogP contribution in [0.2, 0.25) is 0 Å². The van der Waals surface area contributed by atoms with Crippen LogP contribution in [0.15, 0.2) is 0 Å². The summed E-state index contributed by atoms with van der Waals surface area (Å²) >= 11 is 0. The van der Waals surface area contributed by atoms with Gasteiger partial charge in [0.25, 0.3) is 0 Å². The summed E-state index contributed by atoms with van der Waals surface area (Å²) < 4.78 is 0. The van der Waals surface area contributed by atoms with E-state index < -0.39 is 0 Å². The van der Waals surface area contributed by atoms with Crippen LogP contribution in [0.4, 0.5) is 0 Å². The molecule has 0 saturated heterocycles. The molecule has 2 atom stereocenters. The zero-order valence-corrected chi connectivity index (χ0v) is 9.75. The van der Waals surface area contributed by atoms with Crippen LogP contribution in [-0.4, -0.2) is 35.2 Å². The van der Waals surface area contributed by atoms with Crippen LogP contribution in [0, 0.1) is 0 Å². The average Bonchev–Trinajstić information content (AvgIpc) is 2.05. The van der Waals surface area contributed by atoms with E-state index in [0.29, 0.717) is 12.1 Å². The number of hydrogen-bond donors (Lipinski definition) is 1. The lowest BCUT2D eigenvalue weighted by molar-refractivity contribution is 0.107. The van der Waals surface area contributed by atoms with Gasteiger partial charge in [-0.25, -0.2) is 0 Å². The summed E-state index contributed by atoms with van der Waals surface area (Å²) in [6.07, 6.45) is 3.06. The Morgan fingerprint density at radius 1 is 1.15 bits per heavy atom. The van der Waals surface area contributed by atoms with Crippen molar-refractivity contribution in [1.82, 2.24) is 4.90 Å². The lowest BCUT2D eigenvalue weighted by Gasteiger charge is -2.32. The fraction of sp³-hybridized carbons (Fsp3) is 1.00. The van der Waals surface area contributed by atoms with Gasteiger partial charge in [0.2, 0.25) is 0 Å². The molecule has 2 nitrogen and oxygen atoms in total. The number of aliphatic hydroxyl groups is 1. The SMILES string of the molecule is CCC(CC)N(C)C(C)CC(C)O. The van der Waals surface area contributed by atoms with Gasteiger partial charge in [-0.1, -0.05) is 13.8 Å². The maximum absolute atomic E-state index is 9.27. The molecule has 0 amide bonds. The first-order valence-electron chi connectivity index (χ1n) is 5.42. The molecule has 0 aromatic heterocycles. The third-order valence-corrected chi connectivity index (χ3v) is 2.90. The van der Waals surface area contributed by atoms with E-state index >= 15 is 0 Å². The normalized spacial score (nSPS) is 16.6. The predicted octanol–water partition coefficient (Wildman–Crippen LogP) is 2.27. The smallest absolute Gasteiger partial charge is 0.0526 e. The predicted molar refractivity (Wildman–Crippen MR) is 57.9 cm³/mol. The topological polar surface area (TPSA) is 23.5 Å². The molecule has 2 heteroatoms. The molecule has 80 valence electrons. The number of nitrogens with zero attached hydrogens (tertiary/aromatic N) is 1. The lowest BCUT2D eigenvalue weighted by Crippen LogP contribution is -2.39. The summed E-state index contributed by atoms with van der Waals surface area (Å²) in [6, 6.07) is 1.14.